The SMILES string of the molecule is NC(=O)C12CCNCC1C2. The smallest absolute Gasteiger partial charge is 0.224 e. The summed E-state index contributed by atoms with van der Waals surface area (Å²) >= 11 is 0. The summed E-state index contributed by atoms with van der Waals surface area (Å²) in [7, 11) is 0. The third-order valence-corrected chi connectivity index (χ3v) is 2.86. The van der Waals surface area contributed by atoms with Crippen molar-refractivity contribution in [1.82, 2.24) is 5.32 Å². The van der Waals surface area contributed by atoms with Crippen molar-refractivity contribution >= 4 is 5.91 Å². The van der Waals surface area contributed by atoms with Crippen molar-refractivity contribution in [3.63, 3.8) is 0 Å². The van der Waals surface area contributed by atoms with E-state index >= 15 is 0 Å². The quantitative estimate of drug-likeness (QED) is 0.514. The number of carbonyl (C=O) groups is 1. The van der Waals surface area contributed by atoms with Crippen LogP contribution in [0.3, 0.4) is 0 Å². The van der Waals surface area contributed by atoms with Crippen LogP contribution in [0, 0.1) is 11.3 Å². The van der Waals surface area contributed by atoms with Crippen LogP contribution < -0.4 is 11.1 Å². The standard InChI is InChI=1S/C7H12N2O/c8-6(10)7-1-2-9-4-5(7)3-7/h5,9H,1-4H2,(H2,8,10). The molecule has 1 saturated carbocycles. The summed E-state index contributed by atoms with van der Waals surface area (Å²) in [6.45, 7) is 1.95. The summed E-state index contributed by atoms with van der Waals surface area (Å²) in [4.78, 5) is 10.9. The van der Waals surface area contributed by atoms with E-state index in [0.29, 0.717) is 5.92 Å². The molecule has 3 nitrogen and oxygen atoms in total. The Morgan fingerprint density at radius 2 is 2.50 bits per heavy atom. The lowest BCUT2D eigenvalue weighted by Crippen LogP contribution is -2.37. The molecule has 2 unspecified atom stereocenters. The zero-order chi connectivity index (χ0) is 7.19. The van der Waals surface area contributed by atoms with E-state index in [2.05, 4.69) is 5.32 Å². The molecule has 0 bridgehead atoms. The Morgan fingerprint density at radius 1 is 1.70 bits per heavy atom. The summed E-state index contributed by atoms with van der Waals surface area (Å²) in [5.41, 5.74) is 5.20. The topological polar surface area (TPSA) is 55.1 Å². The molecule has 2 atom stereocenters. The number of primary amides is 1. The lowest BCUT2D eigenvalue weighted by atomic mass is 9.96. The van der Waals surface area contributed by atoms with E-state index in [1.807, 2.05) is 0 Å². The first kappa shape index (κ1) is 6.16. The first-order chi connectivity index (χ1) is 4.76. The Bertz CT molecular complexity index is 180. The first-order valence-electron chi connectivity index (χ1n) is 3.76. The minimum atomic E-state index is -0.0843. The molecule has 0 aromatic heterocycles. The van der Waals surface area contributed by atoms with E-state index in [9.17, 15) is 4.79 Å². The molecule has 1 aliphatic heterocycles. The van der Waals surface area contributed by atoms with Crippen LogP contribution in [0.25, 0.3) is 0 Å². The Kier molecular flexibility index (Phi) is 1.06. The van der Waals surface area contributed by atoms with Gasteiger partial charge in [-0.2, -0.15) is 0 Å². The van der Waals surface area contributed by atoms with Crippen molar-refractivity contribution in [2.24, 2.45) is 17.1 Å². The van der Waals surface area contributed by atoms with Crippen LogP contribution in [0.4, 0.5) is 0 Å². The van der Waals surface area contributed by atoms with Gasteiger partial charge in [0.1, 0.15) is 0 Å². The molecule has 1 heterocycles. The van der Waals surface area contributed by atoms with Gasteiger partial charge in [-0.15, -0.1) is 0 Å². The van der Waals surface area contributed by atoms with E-state index in [-0.39, 0.29) is 11.3 Å². The molecule has 56 valence electrons. The molecular weight excluding hydrogens is 128 g/mol. The van der Waals surface area contributed by atoms with Crippen LogP contribution in [0.15, 0.2) is 0 Å². The minimum Gasteiger partial charge on any atom is -0.369 e. The predicted octanol–water partition coefficient (Wildman–Crippen LogP) is -0.529. The molecule has 0 radical (unpaired) electrons. The van der Waals surface area contributed by atoms with Crippen LogP contribution in [0.5, 0.6) is 0 Å². The zero-order valence-corrected chi connectivity index (χ0v) is 5.89. The molecule has 3 N–H and O–H groups in total. The average Bonchev–Trinajstić information content (AvgIpc) is 2.61. The fraction of sp³-hybridized carbons (Fsp3) is 0.857. The second kappa shape index (κ2) is 1.72. The Morgan fingerprint density at radius 3 is 3.00 bits per heavy atom. The van der Waals surface area contributed by atoms with Gasteiger partial charge in [0.2, 0.25) is 5.91 Å². The van der Waals surface area contributed by atoms with Gasteiger partial charge in [-0.1, -0.05) is 0 Å². The Hall–Kier alpha value is -0.570. The van der Waals surface area contributed by atoms with Gasteiger partial charge < -0.3 is 11.1 Å². The van der Waals surface area contributed by atoms with E-state index in [1.54, 1.807) is 0 Å². The second-order valence-electron chi connectivity index (χ2n) is 3.38. The molecule has 2 aliphatic rings. The fourth-order valence-corrected chi connectivity index (χ4v) is 1.97. The van der Waals surface area contributed by atoms with E-state index in [0.717, 1.165) is 25.9 Å². The van der Waals surface area contributed by atoms with Crippen LogP contribution in [-0.4, -0.2) is 19.0 Å². The van der Waals surface area contributed by atoms with Crippen molar-refractivity contribution in [2.75, 3.05) is 13.1 Å². The fourth-order valence-electron chi connectivity index (χ4n) is 1.97. The number of amides is 1. The normalized spacial score (nSPS) is 44.2. The first-order valence-corrected chi connectivity index (χ1v) is 3.76. The van der Waals surface area contributed by atoms with Crippen molar-refractivity contribution in [1.29, 1.82) is 0 Å². The van der Waals surface area contributed by atoms with Crippen LogP contribution in [0.1, 0.15) is 12.8 Å². The monoisotopic (exact) mass is 140 g/mol. The maximum Gasteiger partial charge on any atom is 0.224 e. The molecule has 1 saturated heterocycles. The maximum atomic E-state index is 10.9. The molecule has 0 spiro atoms. The molecule has 2 rings (SSSR count). The summed E-state index contributed by atoms with van der Waals surface area (Å²) in [6.07, 6.45) is 1.97. The Balaban J connectivity index is 2.12. The van der Waals surface area contributed by atoms with E-state index in [4.69, 9.17) is 5.73 Å². The van der Waals surface area contributed by atoms with Crippen LogP contribution in [-0.2, 0) is 4.79 Å². The number of rotatable bonds is 1. The molecule has 0 aromatic rings. The average molecular weight is 140 g/mol. The van der Waals surface area contributed by atoms with Crippen LogP contribution >= 0.6 is 0 Å². The second-order valence-corrected chi connectivity index (χ2v) is 3.38. The van der Waals surface area contributed by atoms with Gasteiger partial charge in [-0.25, -0.2) is 0 Å². The molecule has 10 heavy (non-hydrogen) atoms. The highest BCUT2D eigenvalue weighted by Crippen LogP contribution is 2.55. The van der Waals surface area contributed by atoms with E-state index in [1.165, 1.54) is 0 Å². The van der Waals surface area contributed by atoms with Crippen molar-refractivity contribution in [3.8, 4) is 0 Å². The number of hydrogen-bond donors (Lipinski definition) is 2. The molecule has 1 amide bonds. The van der Waals surface area contributed by atoms with E-state index < -0.39 is 0 Å². The number of piperidine rings is 1. The number of nitrogens with one attached hydrogen (secondary N) is 1. The maximum absolute atomic E-state index is 10.9. The minimum absolute atomic E-state index is 0.0781. The molecule has 0 aromatic carbocycles. The molecular formula is C7H12N2O. The summed E-state index contributed by atoms with van der Waals surface area (Å²) in [6, 6.07) is 0. The summed E-state index contributed by atoms with van der Waals surface area (Å²) in [5.74, 6) is 0.470. The van der Waals surface area contributed by atoms with Gasteiger partial charge in [0.15, 0.2) is 0 Å². The highest BCUT2D eigenvalue weighted by Gasteiger charge is 2.59. The van der Waals surface area contributed by atoms with Gasteiger partial charge in [0, 0.05) is 0 Å². The highest BCUT2D eigenvalue weighted by molar-refractivity contribution is 5.84. The van der Waals surface area contributed by atoms with Gasteiger partial charge in [0.05, 0.1) is 5.41 Å². The number of carbonyl (C=O) groups excluding carboxylic acids is 1. The highest BCUT2D eigenvalue weighted by atomic mass is 16.1. The largest absolute Gasteiger partial charge is 0.369 e. The van der Waals surface area contributed by atoms with Crippen molar-refractivity contribution < 1.29 is 4.79 Å². The van der Waals surface area contributed by atoms with Gasteiger partial charge >= 0.3 is 0 Å². The Labute approximate surface area is 60.0 Å². The van der Waals surface area contributed by atoms with Crippen molar-refractivity contribution in [2.45, 2.75) is 12.8 Å². The van der Waals surface area contributed by atoms with Crippen molar-refractivity contribution in [3.05, 3.63) is 0 Å². The lowest BCUT2D eigenvalue weighted by Gasteiger charge is -2.18. The zero-order valence-electron chi connectivity index (χ0n) is 5.89. The number of nitrogens with two attached hydrogens (primary N) is 1. The molecule has 3 heteroatoms. The summed E-state index contributed by atoms with van der Waals surface area (Å²) in [5, 5.41) is 3.25. The third-order valence-electron chi connectivity index (χ3n) is 2.86. The predicted molar refractivity (Wildman–Crippen MR) is 37.2 cm³/mol. The molecule has 2 fully saturated rings. The summed E-state index contributed by atoms with van der Waals surface area (Å²) < 4.78 is 0. The molecule has 1 aliphatic carbocycles. The number of hydrogen-bond acceptors (Lipinski definition) is 2. The third kappa shape index (κ3) is 0.611. The van der Waals surface area contributed by atoms with Gasteiger partial charge in [-0.3, -0.25) is 4.79 Å². The van der Waals surface area contributed by atoms with Crippen LogP contribution in [0.2, 0.25) is 0 Å². The van der Waals surface area contributed by atoms with Gasteiger partial charge in [0.25, 0.3) is 0 Å². The lowest BCUT2D eigenvalue weighted by molar-refractivity contribution is -0.124. The number of fused-ring (bicyclic) bond motifs is 1. The van der Waals surface area contributed by atoms with Gasteiger partial charge in [-0.05, 0) is 31.8 Å².